The first-order valence-corrected chi connectivity index (χ1v) is 8.97. The van der Waals surface area contributed by atoms with Crippen LogP contribution in [-0.4, -0.2) is 11.9 Å². The first kappa shape index (κ1) is 17.9. The molecule has 0 saturated carbocycles. The average Bonchev–Trinajstić information content (AvgIpc) is 2.71. The maximum atomic E-state index is 13.9. The van der Waals surface area contributed by atoms with Crippen molar-refractivity contribution >= 4 is 17.6 Å². The SMILES string of the molecule is Cc1ccc(F)c(NC(=O)c2ccc3c(c2)CC(c2ccccc2)OC3=O)c1. The zero-order chi connectivity index (χ0) is 19.7. The third kappa shape index (κ3) is 3.51. The lowest BCUT2D eigenvalue weighted by molar-refractivity contribution is 0.0252. The third-order valence-electron chi connectivity index (χ3n) is 4.78. The van der Waals surface area contributed by atoms with Gasteiger partial charge < -0.3 is 10.1 Å². The van der Waals surface area contributed by atoms with E-state index in [0.717, 1.165) is 16.7 Å². The Hall–Kier alpha value is -3.47. The van der Waals surface area contributed by atoms with Gasteiger partial charge in [-0.3, -0.25) is 4.79 Å². The highest BCUT2D eigenvalue weighted by atomic mass is 19.1. The predicted octanol–water partition coefficient (Wildman–Crippen LogP) is 4.84. The molecule has 3 aromatic carbocycles. The molecule has 4 nitrogen and oxygen atoms in total. The largest absolute Gasteiger partial charge is 0.454 e. The molecule has 0 saturated heterocycles. The minimum absolute atomic E-state index is 0.129. The van der Waals surface area contributed by atoms with Crippen LogP contribution >= 0.6 is 0 Å². The Morgan fingerprint density at radius 2 is 1.86 bits per heavy atom. The number of hydrogen-bond donors (Lipinski definition) is 1. The molecule has 0 bridgehead atoms. The first-order valence-electron chi connectivity index (χ1n) is 8.97. The van der Waals surface area contributed by atoms with E-state index < -0.39 is 23.8 Å². The van der Waals surface area contributed by atoms with Crippen LogP contribution < -0.4 is 5.32 Å². The number of carbonyl (C=O) groups excluding carboxylic acids is 2. The number of benzene rings is 3. The van der Waals surface area contributed by atoms with Crippen molar-refractivity contribution in [3.05, 3.63) is 100 Å². The Morgan fingerprint density at radius 3 is 2.64 bits per heavy atom. The van der Waals surface area contributed by atoms with E-state index in [2.05, 4.69) is 5.32 Å². The maximum Gasteiger partial charge on any atom is 0.339 e. The van der Waals surface area contributed by atoms with Gasteiger partial charge in [0.15, 0.2) is 0 Å². The smallest absolute Gasteiger partial charge is 0.339 e. The average molecular weight is 375 g/mol. The van der Waals surface area contributed by atoms with Crippen LogP contribution in [0, 0.1) is 12.7 Å². The van der Waals surface area contributed by atoms with Crippen LogP contribution in [0.1, 0.15) is 43.5 Å². The maximum absolute atomic E-state index is 13.9. The first-order chi connectivity index (χ1) is 13.5. The summed E-state index contributed by atoms with van der Waals surface area (Å²) in [5.74, 6) is -1.33. The Balaban J connectivity index is 1.60. The fourth-order valence-electron chi connectivity index (χ4n) is 3.32. The van der Waals surface area contributed by atoms with Crippen LogP contribution in [0.3, 0.4) is 0 Å². The summed E-state index contributed by atoms with van der Waals surface area (Å²) in [4.78, 5) is 25.0. The molecule has 1 heterocycles. The topological polar surface area (TPSA) is 55.4 Å². The molecule has 1 N–H and O–H groups in total. The molecular formula is C23H18FNO3. The van der Waals surface area contributed by atoms with Crippen LogP contribution in [0.5, 0.6) is 0 Å². The number of hydrogen-bond acceptors (Lipinski definition) is 3. The molecule has 3 aromatic rings. The van der Waals surface area contributed by atoms with Gasteiger partial charge in [-0.2, -0.15) is 0 Å². The Bertz CT molecular complexity index is 1060. The van der Waals surface area contributed by atoms with Crippen molar-refractivity contribution in [2.24, 2.45) is 0 Å². The summed E-state index contributed by atoms with van der Waals surface area (Å²) in [6, 6.07) is 18.8. The second kappa shape index (κ2) is 7.27. The third-order valence-corrected chi connectivity index (χ3v) is 4.78. The molecule has 28 heavy (non-hydrogen) atoms. The highest BCUT2D eigenvalue weighted by Gasteiger charge is 2.28. The van der Waals surface area contributed by atoms with Gasteiger partial charge in [0.1, 0.15) is 11.9 Å². The molecule has 140 valence electrons. The van der Waals surface area contributed by atoms with E-state index in [1.807, 2.05) is 37.3 Å². The number of aryl methyl sites for hydroxylation is 1. The van der Waals surface area contributed by atoms with Gasteiger partial charge in [-0.1, -0.05) is 36.4 Å². The van der Waals surface area contributed by atoms with Gasteiger partial charge in [0.05, 0.1) is 11.3 Å². The number of carbonyl (C=O) groups is 2. The molecule has 1 aliphatic rings. The molecule has 1 aliphatic heterocycles. The quantitative estimate of drug-likeness (QED) is 0.667. The number of ether oxygens (including phenoxy) is 1. The van der Waals surface area contributed by atoms with Gasteiger partial charge in [-0.15, -0.1) is 0 Å². The lowest BCUT2D eigenvalue weighted by atomic mass is 9.93. The number of halogens is 1. The molecule has 4 rings (SSSR count). The van der Waals surface area contributed by atoms with Crippen molar-refractivity contribution in [2.75, 3.05) is 5.32 Å². The van der Waals surface area contributed by atoms with Crippen molar-refractivity contribution in [3.63, 3.8) is 0 Å². The number of cyclic esters (lactones) is 1. The molecule has 0 aromatic heterocycles. The number of amides is 1. The highest BCUT2D eigenvalue weighted by molar-refractivity contribution is 6.05. The molecule has 5 heteroatoms. The van der Waals surface area contributed by atoms with E-state index in [0.29, 0.717) is 17.5 Å². The van der Waals surface area contributed by atoms with E-state index in [4.69, 9.17) is 4.74 Å². The number of fused-ring (bicyclic) bond motifs is 1. The van der Waals surface area contributed by atoms with Crippen molar-refractivity contribution in [3.8, 4) is 0 Å². The van der Waals surface area contributed by atoms with E-state index in [-0.39, 0.29) is 5.69 Å². The number of nitrogens with one attached hydrogen (secondary N) is 1. The number of esters is 1. The molecule has 0 fully saturated rings. The number of anilines is 1. The van der Waals surface area contributed by atoms with Crippen LogP contribution in [0.25, 0.3) is 0 Å². The molecule has 0 aliphatic carbocycles. The predicted molar refractivity (Wildman–Crippen MR) is 104 cm³/mol. The van der Waals surface area contributed by atoms with Crippen molar-refractivity contribution < 1.29 is 18.7 Å². The van der Waals surface area contributed by atoms with Gasteiger partial charge in [0.2, 0.25) is 0 Å². The summed E-state index contributed by atoms with van der Waals surface area (Å²) in [6.07, 6.45) is 0.0825. The lowest BCUT2D eigenvalue weighted by Crippen LogP contribution is -2.23. The summed E-state index contributed by atoms with van der Waals surface area (Å²) in [5.41, 5.74) is 3.42. The van der Waals surface area contributed by atoms with E-state index in [9.17, 15) is 14.0 Å². The van der Waals surface area contributed by atoms with E-state index >= 15 is 0 Å². The van der Waals surface area contributed by atoms with Crippen molar-refractivity contribution in [1.29, 1.82) is 0 Å². The summed E-state index contributed by atoms with van der Waals surface area (Å²) in [5, 5.41) is 2.60. The van der Waals surface area contributed by atoms with Crippen LogP contribution in [0.2, 0.25) is 0 Å². The Labute approximate surface area is 162 Å². The Morgan fingerprint density at radius 1 is 1.07 bits per heavy atom. The molecule has 1 atom stereocenters. The summed E-state index contributed by atoms with van der Waals surface area (Å²) < 4.78 is 19.5. The minimum atomic E-state index is -0.496. The van der Waals surface area contributed by atoms with Crippen LogP contribution in [0.15, 0.2) is 66.7 Å². The second-order valence-corrected chi connectivity index (χ2v) is 6.82. The minimum Gasteiger partial charge on any atom is -0.454 e. The molecule has 0 spiro atoms. The van der Waals surface area contributed by atoms with Gasteiger partial charge in [-0.25, -0.2) is 9.18 Å². The molecule has 1 unspecified atom stereocenters. The molecule has 1 amide bonds. The molecule has 0 radical (unpaired) electrons. The van der Waals surface area contributed by atoms with Gasteiger partial charge in [0, 0.05) is 12.0 Å². The fraction of sp³-hybridized carbons (Fsp3) is 0.130. The summed E-state index contributed by atoms with van der Waals surface area (Å²) in [7, 11) is 0. The van der Waals surface area contributed by atoms with Gasteiger partial charge >= 0.3 is 5.97 Å². The normalized spacial score (nSPS) is 15.5. The highest BCUT2D eigenvalue weighted by Crippen LogP contribution is 2.31. The van der Waals surface area contributed by atoms with Crippen molar-refractivity contribution in [2.45, 2.75) is 19.4 Å². The van der Waals surface area contributed by atoms with Gasteiger partial charge in [-0.05, 0) is 53.9 Å². The zero-order valence-electron chi connectivity index (χ0n) is 15.2. The molecular weight excluding hydrogens is 357 g/mol. The summed E-state index contributed by atoms with van der Waals surface area (Å²) in [6.45, 7) is 1.82. The standard InChI is InChI=1S/C23H18FNO3/c1-14-7-10-19(24)20(11-14)25-22(26)16-8-9-18-17(12-16)13-21(28-23(18)27)15-5-3-2-4-6-15/h2-12,21H,13H2,1H3,(H,25,26). The van der Waals surface area contributed by atoms with E-state index in [1.165, 1.54) is 6.07 Å². The van der Waals surface area contributed by atoms with Crippen molar-refractivity contribution in [1.82, 2.24) is 0 Å². The fourth-order valence-corrected chi connectivity index (χ4v) is 3.32. The monoisotopic (exact) mass is 375 g/mol. The van der Waals surface area contributed by atoms with Gasteiger partial charge in [0.25, 0.3) is 5.91 Å². The summed E-state index contributed by atoms with van der Waals surface area (Å²) >= 11 is 0. The van der Waals surface area contributed by atoms with E-state index in [1.54, 1.807) is 30.3 Å². The number of rotatable bonds is 3. The zero-order valence-corrected chi connectivity index (χ0v) is 15.2. The second-order valence-electron chi connectivity index (χ2n) is 6.82. The van der Waals surface area contributed by atoms with Crippen LogP contribution in [0.4, 0.5) is 10.1 Å². The Kier molecular flexibility index (Phi) is 4.65. The lowest BCUT2D eigenvalue weighted by Gasteiger charge is -2.25. The van der Waals surface area contributed by atoms with Crippen LogP contribution in [-0.2, 0) is 11.2 Å².